The molecule has 0 unspecified atom stereocenters. The Balaban J connectivity index is 1.91. The first kappa shape index (κ1) is 20.2. The van der Waals surface area contributed by atoms with Crippen LogP contribution in [-0.2, 0) is 20.7 Å². The molecule has 0 saturated heterocycles. The van der Waals surface area contributed by atoms with E-state index in [0.717, 1.165) is 6.42 Å². The molecular weight excluding hydrogens is 374 g/mol. The molecule has 140 valence electrons. The van der Waals surface area contributed by atoms with Crippen LogP contribution < -0.4 is 10.1 Å². The van der Waals surface area contributed by atoms with E-state index in [0.29, 0.717) is 21.6 Å². The number of thioether (sulfide) groups is 1. The SMILES string of the molecule is CCc1ccc(O[C@H](CC)C(=O)Nc2nnc(SCC(=O)OC)s2)cc1. The summed E-state index contributed by atoms with van der Waals surface area (Å²) in [7, 11) is 1.33. The summed E-state index contributed by atoms with van der Waals surface area (Å²) in [5.74, 6) is 0.168. The van der Waals surface area contributed by atoms with E-state index in [2.05, 4.69) is 27.2 Å². The predicted molar refractivity (Wildman–Crippen MR) is 102 cm³/mol. The number of esters is 1. The maximum Gasteiger partial charge on any atom is 0.316 e. The number of rotatable bonds is 9. The number of aromatic nitrogens is 2. The fraction of sp³-hybridized carbons (Fsp3) is 0.412. The highest BCUT2D eigenvalue weighted by molar-refractivity contribution is 8.01. The minimum absolute atomic E-state index is 0.146. The molecular formula is C17H21N3O4S2. The van der Waals surface area contributed by atoms with Crippen LogP contribution in [0.1, 0.15) is 25.8 Å². The van der Waals surface area contributed by atoms with Crippen molar-refractivity contribution in [1.29, 1.82) is 0 Å². The number of aryl methyl sites for hydroxylation is 1. The van der Waals surface area contributed by atoms with E-state index in [9.17, 15) is 9.59 Å². The van der Waals surface area contributed by atoms with Gasteiger partial charge in [0, 0.05) is 0 Å². The standard InChI is InChI=1S/C17H21N3O4S2/c1-4-11-6-8-12(9-7-11)24-13(5-2)15(22)18-16-19-20-17(26-16)25-10-14(21)23-3/h6-9,13H,4-5,10H2,1-3H3,(H,18,19,22)/t13-/m1/s1. The maximum absolute atomic E-state index is 12.4. The van der Waals surface area contributed by atoms with Crippen LogP contribution in [0.2, 0.25) is 0 Å². The van der Waals surface area contributed by atoms with Crippen molar-refractivity contribution in [3.05, 3.63) is 29.8 Å². The van der Waals surface area contributed by atoms with Crippen molar-refractivity contribution in [2.75, 3.05) is 18.2 Å². The Morgan fingerprint density at radius 1 is 1.23 bits per heavy atom. The fourth-order valence-corrected chi connectivity index (χ4v) is 3.56. The number of ether oxygens (including phenoxy) is 2. The highest BCUT2D eigenvalue weighted by Gasteiger charge is 2.20. The van der Waals surface area contributed by atoms with Crippen LogP contribution in [0.3, 0.4) is 0 Å². The van der Waals surface area contributed by atoms with Gasteiger partial charge in [-0.05, 0) is 30.5 Å². The third kappa shape index (κ3) is 5.99. The van der Waals surface area contributed by atoms with Crippen molar-refractivity contribution in [3.8, 4) is 5.75 Å². The molecule has 9 heteroatoms. The summed E-state index contributed by atoms with van der Waals surface area (Å²) >= 11 is 2.41. The van der Waals surface area contributed by atoms with E-state index in [1.165, 1.54) is 35.8 Å². The molecule has 1 amide bonds. The molecule has 0 radical (unpaired) electrons. The van der Waals surface area contributed by atoms with E-state index >= 15 is 0 Å². The van der Waals surface area contributed by atoms with Crippen molar-refractivity contribution in [2.45, 2.75) is 37.1 Å². The minimum atomic E-state index is -0.627. The minimum Gasteiger partial charge on any atom is -0.481 e. The number of carbonyl (C=O) groups excluding carboxylic acids is 2. The third-order valence-corrected chi connectivity index (χ3v) is 5.40. The Bertz CT molecular complexity index is 734. The zero-order valence-corrected chi connectivity index (χ0v) is 16.5. The lowest BCUT2D eigenvalue weighted by molar-refractivity contribution is -0.137. The Morgan fingerprint density at radius 2 is 1.96 bits per heavy atom. The van der Waals surface area contributed by atoms with Crippen molar-refractivity contribution < 1.29 is 19.1 Å². The molecule has 0 fully saturated rings. The molecule has 0 saturated carbocycles. The van der Waals surface area contributed by atoms with Crippen LogP contribution >= 0.6 is 23.1 Å². The van der Waals surface area contributed by atoms with Gasteiger partial charge in [0.05, 0.1) is 12.9 Å². The number of methoxy groups -OCH3 is 1. The van der Waals surface area contributed by atoms with Gasteiger partial charge in [0.25, 0.3) is 5.91 Å². The molecule has 26 heavy (non-hydrogen) atoms. The second-order valence-corrected chi connectivity index (χ2v) is 7.44. The van der Waals surface area contributed by atoms with E-state index in [1.807, 2.05) is 31.2 Å². The number of amides is 1. The van der Waals surface area contributed by atoms with Crippen LogP contribution in [0.4, 0.5) is 5.13 Å². The van der Waals surface area contributed by atoms with E-state index < -0.39 is 6.10 Å². The highest BCUT2D eigenvalue weighted by Crippen LogP contribution is 2.26. The second kappa shape index (κ2) is 10.1. The van der Waals surface area contributed by atoms with Gasteiger partial charge in [-0.15, -0.1) is 10.2 Å². The van der Waals surface area contributed by atoms with Crippen LogP contribution in [0.15, 0.2) is 28.6 Å². The Morgan fingerprint density at radius 3 is 2.58 bits per heavy atom. The van der Waals surface area contributed by atoms with Crippen LogP contribution in [0.5, 0.6) is 5.75 Å². The summed E-state index contributed by atoms with van der Waals surface area (Å²) in [6.07, 6.45) is 0.840. The molecule has 1 N–H and O–H groups in total. The average molecular weight is 396 g/mol. The number of nitrogens with zero attached hydrogens (tertiary/aromatic N) is 2. The lowest BCUT2D eigenvalue weighted by Gasteiger charge is -2.16. The van der Waals surface area contributed by atoms with Gasteiger partial charge in [-0.25, -0.2) is 0 Å². The molecule has 0 aliphatic carbocycles. The Labute approximate surface area is 160 Å². The summed E-state index contributed by atoms with van der Waals surface area (Å²) < 4.78 is 10.9. The van der Waals surface area contributed by atoms with Gasteiger partial charge in [-0.2, -0.15) is 0 Å². The number of hydrogen-bond acceptors (Lipinski definition) is 8. The first-order valence-electron chi connectivity index (χ1n) is 8.15. The Hall–Kier alpha value is -2.13. The van der Waals surface area contributed by atoms with Crippen LogP contribution in [-0.4, -0.2) is 41.0 Å². The number of anilines is 1. The molecule has 0 bridgehead atoms. The number of hydrogen-bond donors (Lipinski definition) is 1. The van der Waals surface area contributed by atoms with Crippen LogP contribution in [0.25, 0.3) is 0 Å². The molecule has 1 heterocycles. The number of benzene rings is 1. The van der Waals surface area contributed by atoms with Crippen molar-refractivity contribution in [1.82, 2.24) is 10.2 Å². The summed E-state index contributed by atoms with van der Waals surface area (Å²) in [5, 5.41) is 10.9. The van der Waals surface area contributed by atoms with E-state index in [1.54, 1.807) is 0 Å². The molecule has 7 nitrogen and oxygen atoms in total. The van der Waals surface area contributed by atoms with E-state index in [-0.39, 0.29) is 17.6 Å². The van der Waals surface area contributed by atoms with Crippen molar-refractivity contribution in [3.63, 3.8) is 0 Å². The topological polar surface area (TPSA) is 90.4 Å². The average Bonchev–Trinajstić information content (AvgIpc) is 3.11. The van der Waals surface area contributed by atoms with Gasteiger partial charge in [0.1, 0.15) is 5.75 Å². The molecule has 2 aromatic rings. The van der Waals surface area contributed by atoms with Gasteiger partial charge in [-0.3, -0.25) is 14.9 Å². The smallest absolute Gasteiger partial charge is 0.316 e. The third-order valence-electron chi connectivity index (χ3n) is 3.45. The van der Waals surface area contributed by atoms with Crippen molar-refractivity contribution in [2.24, 2.45) is 0 Å². The monoisotopic (exact) mass is 395 g/mol. The molecule has 0 aliphatic heterocycles. The molecule has 1 atom stereocenters. The van der Waals surface area contributed by atoms with Gasteiger partial charge in [0.2, 0.25) is 5.13 Å². The lowest BCUT2D eigenvalue weighted by Crippen LogP contribution is -2.32. The number of carbonyl (C=O) groups is 2. The highest BCUT2D eigenvalue weighted by atomic mass is 32.2. The molecule has 0 spiro atoms. The first-order chi connectivity index (χ1) is 12.5. The zero-order chi connectivity index (χ0) is 18.9. The van der Waals surface area contributed by atoms with E-state index in [4.69, 9.17) is 4.74 Å². The molecule has 1 aromatic heterocycles. The Kier molecular flexibility index (Phi) is 7.86. The normalized spacial score (nSPS) is 11.7. The van der Waals surface area contributed by atoms with Crippen LogP contribution in [0, 0.1) is 0 Å². The first-order valence-corrected chi connectivity index (χ1v) is 9.95. The molecule has 1 aromatic carbocycles. The largest absolute Gasteiger partial charge is 0.481 e. The van der Waals surface area contributed by atoms with Gasteiger partial charge in [-0.1, -0.05) is 49.1 Å². The quantitative estimate of drug-likeness (QED) is 0.396. The van der Waals surface area contributed by atoms with Gasteiger partial charge in [0.15, 0.2) is 10.4 Å². The predicted octanol–water partition coefficient (Wildman–Crippen LogP) is 3.16. The summed E-state index contributed by atoms with van der Waals surface area (Å²) in [4.78, 5) is 23.6. The summed E-state index contributed by atoms with van der Waals surface area (Å²) in [5.41, 5.74) is 1.21. The summed E-state index contributed by atoms with van der Waals surface area (Å²) in [6.45, 7) is 3.96. The van der Waals surface area contributed by atoms with Crippen molar-refractivity contribution >= 4 is 40.1 Å². The zero-order valence-electron chi connectivity index (χ0n) is 14.9. The van der Waals surface area contributed by atoms with Gasteiger partial charge >= 0.3 is 5.97 Å². The van der Waals surface area contributed by atoms with Gasteiger partial charge < -0.3 is 9.47 Å². The maximum atomic E-state index is 12.4. The fourth-order valence-electron chi connectivity index (χ4n) is 1.97. The molecule has 2 rings (SSSR count). The second-order valence-electron chi connectivity index (χ2n) is 5.24. The summed E-state index contributed by atoms with van der Waals surface area (Å²) in [6, 6.07) is 7.69. The number of nitrogens with one attached hydrogen (secondary N) is 1. The molecule has 0 aliphatic rings. The lowest BCUT2D eigenvalue weighted by atomic mass is 10.2.